The number of benzene rings is 1. The number of aromatic amines is 1. The van der Waals surface area contributed by atoms with Crippen molar-refractivity contribution >= 4 is 23.4 Å². The van der Waals surface area contributed by atoms with Crippen molar-refractivity contribution in [1.29, 1.82) is 0 Å². The van der Waals surface area contributed by atoms with Crippen LogP contribution in [0.1, 0.15) is 17.1 Å². The molecule has 0 radical (unpaired) electrons. The monoisotopic (exact) mass is 363 g/mol. The third-order valence-electron chi connectivity index (χ3n) is 3.26. The van der Waals surface area contributed by atoms with Crippen LogP contribution in [0.3, 0.4) is 0 Å². The summed E-state index contributed by atoms with van der Waals surface area (Å²) >= 11 is 7.46. The van der Waals surface area contributed by atoms with Crippen molar-refractivity contribution in [2.45, 2.75) is 29.7 Å². The molecule has 2 N–H and O–H groups in total. The van der Waals surface area contributed by atoms with Gasteiger partial charge in [0.05, 0.1) is 24.5 Å². The Kier molecular flexibility index (Phi) is 5.98. The molecular formula is C17H18ClN3O2S. The minimum atomic E-state index is 0.538. The fourth-order valence-corrected chi connectivity index (χ4v) is 3.09. The summed E-state index contributed by atoms with van der Waals surface area (Å²) in [4.78, 5) is 1.09. The maximum absolute atomic E-state index is 5.89. The first-order valence-electron chi connectivity index (χ1n) is 7.48. The molecule has 0 amide bonds. The van der Waals surface area contributed by atoms with E-state index in [4.69, 9.17) is 20.8 Å². The second-order valence-corrected chi connectivity index (χ2v) is 6.71. The van der Waals surface area contributed by atoms with E-state index in [0.29, 0.717) is 19.7 Å². The van der Waals surface area contributed by atoms with Gasteiger partial charge < -0.3 is 14.5 Å². The summed E-state index contributed by atoms with van der Waals surface area (Å²) in [5.41, 5.74) is 1.92. The van der Waals surface area contributed by atoms with Gasteiger partial charge in [-0.3, -0.25) is 5.10 Å². The minimum absolute atomic E-state index is 0.538. The lowest BCUT2D eigenvalue weighted by molar-refractivity contribution is 0.181. The van der Waals surface area contributed by atoms with Crippen LogP contribution in [0.5, 0.6) is 0 Å². The molecule has 3 rings (SSSR count). The van der Waals surface area contributed by atoms with Crippen LogP contribution >= 0.6 is 23.4 Å². The molecule has 1 aromatic carbocycles. The summed E-state index contributed by atoms with van der Waals surface area (Å²) in [6.07, 6.45) is 0. The number of furan rings is 1. The summed E-state index contributed by atoms with van der Waals surface area (Å²) in [7, 11) is 1.66. The van der Waals surface area contributed by atoms with Gasteiger partial charge >= 0.3 is 0 Å². The molecule has 24 heavy (non-hydrogen) atoms. The molecule has 2 aromatic heterocycles. The summed E-state index contributed by atoms with van der Waals surface area (Å²) in [6.45, 7) is 1.85. The SMILES string of the molecule is COCc1cc(CNCc2ccc(Sc3ccc(Cl)cc3)o2)n[nH]1. The van der Waals surface area contributed by atoms with Crippen LogP contribution in [-0.2, 0) is 24.4 Å². The van der Waals surface area contributed by atoms with Crippen LogP contribution in [-0.4, -0.2) is 17.3 Å². The Labute approximate surface area is 149 Å². The Balaban J connectivity index is 1.47. The number of nitrogens with zero attached hydrogens (tertiary/aromatic N) is 1. The van der Waals surface area contributed by atoms with E-state index in [9.17, 15) is 0 Å². The van der Waals surface area contributed by atoms with Gasteiger partial charge in [0.15, 0.2) is 5.09 Å². The maximum atomic E-state index is 5.89. The molecule has 126 valence electrons. The molecular weight excluding hydrogens is 346 g/mol. The summed E-state index contributed by atoms with van der Waals surface area (Å²) < 4.78 is 10.9. The molecule has 0 aliphatic heterocycles. The van der Waals surface area contributed by atoms with Crippen molar-refractivity contribution in [1.82, 2.24) is 15.5 Å². The number of hydrogen-bond donors (Lipinski definition) is 2. The largest absolute Gasteiger partial charge is 0.453 e. The van der Waals surface area contributed by atoms with E-state index in [-0.39, 0.29) is 0 Å². The Morgan fingerprint density at radius 1 is 1.21 bits per heavy atom. The predicted octanol–water partition coefficient (Wildman–Crippen LogP) is 4.24. The zero-order valence-electron chi connectivity index (χ0n) is 13.2. The third kappa shape index (κ3) is 4.88. The van der Waals surface area contributed by atoms with Gasteiger partial charge in [-0.2, -0.15) is 5.10 Å². The number of hydrogen-bond acceptors (Lipinski definition) is 5. The predicted molar refractivity (Wildman–Crippen MR) is 94.1 cm³/mol. The van der Waals surface area contributed by atoms with Gasteiger partial charge in [0.25, 0.3) is 0 Å². The van der Waals surface area contributed by atoms with Gasteiger partial charge in [-0.1, -0.05) is 23.4 Å². The number of aromatic nitrogens is 2. The normalized spacial score (nSPS) is 11.1. The average molecular weight is 364 g/mol. The number of H-pyrrole nitrogens is 1. The highest BCUT2D eigenvalue weighted by atomic mass is 35.5. The van der Waals surface area contributed by atoms with E-state index >= 15 is 0 Å². The molecule has 0 fully saturated rings. The average Bonchev–Trinajstić information content (AvgIpc) is 3.20. The number of ether oxygens (including phenoxy) is 1. The smallest absolute Gasteiger partial charge is 0.165 e. The van der Waals surface area contributed by atoms with Gasteiger partial charge in [-0.15, -0.1) is 0 Å². The first-order valence-corrected chi connectivity index (χ1v) is 8.67. The van der Waals surface area contributed by atoms with Crippen molar-refractivity contribution in [3.63, 3.8) is 0 Å². The highest BCUT2D eigenvalue weighted by Crippen LogP contribution is 2.29. The molecule has 5 nitrogen and oxygen atoms in total. The van der Waals surface area contributed by atoms with Gasteiger partial charge in [0.1, 0.15) is 5.76 Å². The van der Waals surface area contributed by atoms with Crippen LogP contribution in [0.25, 0.3) is 0 Å². The van der Waals surface area contributed by atoms with E-state index in [2.05, 4.69) is 15.5 Å². The highest BCUT2D eigenvalue weighted by Gasteiger charge is 2.05. The standard InChI is InChI=1S/C17H18ClN3O2S/c1-22-11-14-8-13(20-21-14)9-19-10-15-4-7-17(23-15)24-16-5-2-12(18)3-6-16/h2-8,19H,9-11H2,1H3,(H,20,21). The van der Waals surface area contributed by atoms with E-state index in [1.54, 1.807) is 18.9 Å². The van der Waals surface area contributed by atoms with Gasteiger partial charge in [-0.25, -0.2) is 0 Å². The summed E-state index contributed by atoms with van der Waals surface area (Å²) in [5, 5.41) is 12.1. The van der Waals surface area contributed by atoms with Crippen LogP contribution in [0, 0.1) is 0 Å². The second-order valence-electron chi connectivity index (χ2n) is 5.20. The topological polar surface area (TPSA) is 63.1 Å². The van der Waals surface area contributed by atoms with Gasteiger partial charge in [-0.05, 0) is 42.5 Å². The van der Waals surface area contributed by atoms with E-state index < -0.39 is 0 Å². The molecule has 3 aromatic rings. The van der Waals surface area contributed by atoms with Crippen LogP contribution in [0.2, 0.25) is 5.02 Å². The highest BCUT2D eigenvalue weighted by molar-refractivity contribution is 7.99. The van der Waals surface area contributed by atoms with Crippen molar-refractivity contribution in [2.75, 3.05) is 7.11 Å². The Morgan fingerprint density at radius 2 is 2.04 bits per heavy atom. The first kappa shape index (κ1) is 17.1. The zero-order chi connectivity index (χ0) is 16.8. The van der Waals surface area contributed by atoms with Crippen molar-refractivity contribution in [3.05, 3.63) is 64.6 Å². The molecule has 7 heteroatoms. The molecule has 0 saturated heterocycles. The van der Waals surface area contributed by atoms with E-state index in [1.165, 1.54) is 0 Å². The molecule has 0 aliphatic carbocycles. The van der Waals surface area contributed by atoms with Crippen molar-refractivity contribution in [2.24, 2.45) is 0 Å². The molecule has 0 unspecified atom stereocenters. The fourth-order valence-electron chi connectivity index (χ4n) is 2.17. The molecule has 0 aliphatic rings. The lowest BCUT2D eigenvalue weighted by atomic mass is 10.3. The second kappa shape index (κ2) is 8.39. The van der Waals surface area contributed by atoms with Gasteiger partial charge in [0, 0.05) is 23.6 Å². The lowest BCUT2D eigenvalue weighted by Gasteiger charge is -2.00. The molecule has 0 spiro atoms. The fraction of sp³-hybridized carbons (Fsp3) is 0.235. The number of methoxy groups -OCH3 is 1. The minimum Gasteiger partial charge on any atom is -0.453 e. The van der Waals surface area contributed by atoms with Crippen LogP contribution < -0.4 is 5.32 Å². The van der Waals surface area contributed by atoms with E-state index in [0.717, 1.165) is 32.2 Å². The Hall–Kier alpha value is -1.73. The summed E-state index contributed by atoms with van der Waals surface area (Å²) in [5.74, 6) is 0.888. The van der Waals surface area contributed by atoms with Crippen LogP contribution in [0.4, 0.5) is 0 Å². The summed E-state index contributed by atoms with van der Waals surface area (Å²) in [6, 6.07) is 13.6. The van der Waals surface area contributed by atoms with Crippen molar-refractivity contribution < 1.29 is 9.15 Å². The maximum Gasteiger partial charge on any atom is 0.165 e. The quantitative estimate of drug-likeness (QED) is 0.626. The number of rotatable bonds is 8. The Bertz CT molecular complexity index is 770. The Morgan fingerprint density at radius 3 is 2.83 bits per heavy atom. The lowest BCUT2D eigenvalue weighted by Crippen LogP contribution is -2.12. The van der Waals surface area contributed by atoms with Crippen molar-refractivity contribution in [3.8, 4) is 0 Å². The molecule has 0 atom stereocenters. The molecule has 0 bridgehead atoms. The molecule has 0 saturated carbocycles. The first-order chi connectivity index (χ1) is 11.7. The molecule has 2 heterocycles. The van der Waals surface area contributed by atoms with Gasteiger partial charge in [0.2, 0.25) is 0 Å². The van der Waals surface area contributed by atoms with Crippen LogP contribution in [0.15, 0.2) is 56.9 Å². The third-order valence-corrected chi connectivity index (χ3v) is 4.44. The number of nitrogens with one attached hydrogen (secondary N) is 2. The van der Waals surface area contributed by atoms with E-state index in [1.807, 2.05) is 42.5 Å². The zero-order valence-corrected chi connectivity index (χ0v) is 14.8. The number of halogens is 1.